The minimum atomic E-state index is -0.348. The molecule has 0 amide bonds. The zero-order chi connectivity index (χ0) is 15.7. The number of methoxy groups -OCH3 is 1. The van der Waals surface area contributed by atoms with Crippen LogP contribution in [0.15, 0.2) is 48.5 Å². The molecule has 3 atom stereocenters. The fraction of sp³-hybridized carbons (Fsp3) is 0.333. The van der Waals surface area contributed by atoms with E-state index in [0.29, 0.717) is 11.6 Å². The Bertz CT molecular complexity index is 644. The van der Waals surface area contributed by atoms with E-state index in [1.54, 1.807) is 7.11 Å². The van der Waals surface area contributed by atoms with Crippen LogP contribution in [0.2, 0.25) is 5.02 Å². The number of hydrogen-bond donors (Lipinski definition) is 1. The lowest BCUT2D eigenvalue weighted by atomic mass is 9.88. The molecular weight excluding hydrogens is 298 g/mol. The van der Waals surface area contributed by atoms with Crippen molar-refractivity contribution in [1.29, 1.82) is 0 Å². The SMILES string of the molecule is COc1ccc([C@H](C)N2C[C@H](O)[C@@H]2c2cccc(Cl)c2)cc1. The number of aliphatic hydroxyl groups excluding tert-OH is 1. The Labute approximate surface area is 136 Å². The molecule has 0 aliphatic carbocycles. The highest BCUT2D eigenvalue weighted by molar-refractivity contribution is 6.30. The van der Waals surface area contributed by atoms with Gasteiger partial charge in [0, 0.05) is 17.6 Å². The number of aliphatic hydroxyl groups is 1. The zero-order valence-electron chi connectivity index (χ0n) is 12.7. The van der Waals surface area contributed by atoms with Crippen LogP contribution in [0.3, 0.4) is 0 Å². The predicted octanol–water partition coefficient (Wildman–Crippen LogP) is 3.83. The van der Waals surface area contributed by atoms with Crippen LogP contribution < -0.4 is 4.74 Å². The molecule has 1 fully saturated rings. The quantitative estimate of drug-likeness (QED) is 0.930. The Kier molecular flexibility index (Phi) is 4.39. The summed E-state index contributed by atoms with van der Waals surface area (Å²) in [5.41, 5.74) is 2.27. The molecule has 1 aliphatic heterocycles. The first-order valence-electron chi connectivity index (χ1n) is 7.43. The van der Waals surface area contributed by atoms with E-state index in [0.717, 1.165) is 11.3 Å². The summed E-state index contributed by atoms with van der Waals surface area (Å²) in [5.74, 6) is 0.853. The van der Waals surface area contributed by atoms with Gasteiger partial charge in [-0.25, -0.2) is 0 Å². The van der Waals surface area contributed by atoms with Gasteiger partial charge in [0.05, 0.1) is 19.3 Å². The lowest BCUT2D eigenvalue weighted by Crippen LogP contribution is -2.54. The minimum Gasteiger partial charge on any atom is -0.497 e. The highest BCUT2D eigenvalue weighted by Gasteiger charge is 2.41. The van der Waals surface area contributed by atoms with E-state index < -0.39 is 0 Å². The van der Waals surface area contributed by atoms with E-state index in [2.05, 4.69) is 24.0 Å². The molecule has 0 saturated carbocycles. The fourth-order valence-corrected chi connectivity index (χ4v) is 3.29. The van der Waals surface area contributed by atoms with Crippen LogP contribution in [0.25, 0.3) is 0 Å². The zero-order valence-corrected chi connectivity index (χ0v) is 13.5. The molecule has 3 nitrogen and oxygen atoms in total. The number of benzene rings is 2. The molecule has 4 heteroatoms. The Morgan fingerprint density at radius 1 is 1.23 bits per heavy atom. The van der Waals surface area contributed by atoms with Crippen LogP contribution in [-0.4, -0.2) is 29.8 Å². The number of nitrogens with zero attached hydrogens (tertiary/aromatic N) is 1. The molecule has 1 aliphatic rings. The fourth-order valence-electron chi connectivity index (χ4n) is 3.09. The number of halogens is 1. The third-order valence-corrected chi connectivity index (χ3v) is 4.64. The number of likely N-dealkylation sites (tertiary alicyclic amines) is 1. The van der Waals surface area contributed by atoms with E-state index in [4.69, 9.17) is 16.3 Å². The number of ether oxygens (including phenoxy) is 1. The number of hydrogen-bond acceptors (Lipinski definition) is 3. The highest BCUT2D eigenvalue weighted by Crippen LogP contribution is 2.41. The average molecular weight is 318 g/mol. The van der Waals surface area contributed by atoms with Crippen molar-refractivity contribution in [3.8, 4) is 5.75 Å². The van der Waals surface area contributed by atoms with Crippen molar-refractivity contribution >= 4 is 11.6 Å². The smallest absolute Gasteiger partial charge is 0.118 e. The van der Waals surface area contributed by atoms with Crippen LogP contribution in [-0.2, 0) is 0 Å². The first kappa shape index (κ1) is 15.3. The Morgan fingerprint density at radius 2 is 1.95 bits per heavy atom. The number of β-amino-alcohol motifs (C(OH)–C–C–N with tert-alkyl or cyclic N) is 1. The highest BCUT2D eigenvalue weighted by atomic mass is 35.5. The molecule has 0 radical (unpaired) electrons. The maximum absolute atomic E-state index is 10.2. The van der Waals surface area contributed by atoms with Crippen molar-refractivity contribution in [3.63, 3.8) is 0 Å². The monoisotopic (exact) mass is 317 g/mol. The lowest BCUT2D eigenvalue weighted by molar-refractivity contribution is -0.0853. The molecule has 2 aromatic rings. The van der Waals surface area contributed by atoms with Gasteiger partial charge in [-0.15, -0.1) is 0 Å². The van der Waals surface area contributed by atoms with Gasteiger partial charge < -0.3 is 9.84 Å². The normalized spacial score (nSPS) is 22.9. The van der Waals surface area contributed by atoms with Gasteiger partial charge in [0.15, 0.2) is 0 Å². The van der Waals surface area contributed by atoms with Crippen LogP contribution in [0, 0.1) is 0 Å². The third-order valence-electron chi connectivity index (χ3n) is 4.41. The molecule has 0 spiro atoms. The van der Waals surface area contributed by atoms with Gasteiger partial charge in [-0.1, -0.05) is 35.9 Å². The molecule has 3 rings (SSSR count). The number of rotatable bonds is 4. The summed E-state index contributed by atoms with van der Waals surface area (Å²) in [6, 6.07) is 16.0. The van der Waals surface area contributed by atoms with Gasteiger partial charge in [-0.2, -0.15) is 0 Å². The van der Waals surface area contributed by atoms with Gasteiger partial charge in [0.1, 0.15) is 5.75 Å². The van der Waals surface area contributed by atoms with Gasteiger partial charge >= 0.3 is 0 Å². The van der Waals surface area contributed by atoms with Gasteiger partial charge in [0.2, 0.25) is 0 Å². The second-order valence-electron chi connectivity index (χ2n) is 5.71. The minimum absolute atomic E-state index is 0.00389. The Hall–Kier alpha value is -1.55. The van der Waals surface area contributed by atoms with E-state index >= 15 is 0 Å². The molecule has 0 bridgehead atoms. The molecule has 0 unspecified atom stereocenters. The lowest BCUT2D eigenvalue weighted by Gasteiger charge is -2.49. The third kappa shape index (κ3) is 2.84. The van der Waals surface area contributed by atoms with Crippen molar-refractivity contribution in [3.05, 3.63) is 64.7 Å². The van der Waals surface area contributed by atoms with Crippen molar-refractivity contribution < 1.29 is 9.84 Å². The van der Waals surface area contributed by atoms with Gasteiger partial charge in [0.25, 0.3) is 0 Å². The first-order valence-corrected chi connectivity index (χ1v) is 7.81. The van der Waals surface area contributed by atoms with Crippen molar-refractivity contribution in [2.24, 2.45) is 0 Å². The van der Waals surface area contributed by atoms with E-state index in [1.807, 2.05) is 36.4 Å². The van der Waals surface area contributed by atoms with Crippen molar-refractivity contribution in [2.75, 3.05) is 13.7 Å². The summed E-state index contributed by atoms with van der Waals surface area (Å²) in [4.78, 5) is 2.29. The summed E-state index contributed by atoms with van der Waals surface area (Å²) in [6.07, 6.45) is -0.348. The average Bonchev–Trinajstić information content (AvgIpc) is 2.52. The van der Waals surface area contributed by atoms with E-state index in [-0.39, 0.29) is 18.2 Å². The molecule has 116 valence electrons. The second kappa shape index (κ2) is 6.29. The largest absolute Gasteiger partial charge is 0.497 e. The summed E-state index contributed by atoms with van der Waals surface area (Å²) in [6.45, 7) is 2.83. The Balaban J connectivity index is 1.81. The molecule has 22 heavy (non-hydrogen) atoms. The van der Waals surface area contributed by atoms with E-state index in [1.165, 1.54) is 5.56 Å². The van der Waals surface area contributed by atoms with Gasteiger partial charge in [-0.05, 0) is 42.3 Å². The second-order valence-corrected chi connectivity index (χ2v) is 6.15. The van der Waals surface area contributed by atoms with Crippen LogP contribution >= 0.6 is 11.6 Å². The maximum Gasteiger partial charge on any atom is 0.118 e. The molecule has 0 aromatic heterocycles. The first-order chi connectivity index (χ1) is 10.6. The van der Waals surface area contributed by atoms with Crippen molar-refractivity contribution in [2.45, 2.75) is 25.1 Å². The van der Waals surface area contributed by atoms with E-state index in [9.17, 15) is 5.11 Å². The molecule has 2 aromatic carbocycles. The maximum atomic E-state index is 10.2. The summed E-state index contributed by atoms with van der Waals surface area (Å²) in [7, 11) is 1.67. The molecule has 1 heterocycles. The van der Waals surface area contributed by atoms with Crippen LogP contribution in [0.5, 0.6) is 5.75 Å². The predicted molar refractivity (Wildman–Crippen MR) is 88.3 cm³/mol. The standard InChI is InChI=1S/C18H20ClNO2/c1-12(13-6-8-16(22-2)9-7-13)20-11-17(21)18(20)14-4-3-5-15(19)10-14/h3-10,12,17-18,21H,11H2,1-2H3/t12-,17-,18-/m0/s1. The van der Waals surface area contributed by atoms with Gasteiger partial charge in [-0.3, -0.25) is 4.90 Å². The molecule has 1 N–H and O–H groups in total. The van der Waals surface area contributed by atoms with Crippen LogP contribution in [0.4, 0.5) is 0 Å². The topological polar surface area (TPSA) is 32.7 Å². The summed E-state index contributed by atoms with van der Waals surface area (Å²) < 4.78 is 5.20. The molecular formula is C18H20ClNO2. The van der Waals surface area contributed by atoms with Crippen LogP contribution in [0.1, 0.15) is 30.1 Å². The Morgan fingerprint density at radius 3 is 2.55 bits per heavy atom. The van der Waals surface area contributed by atoms with Crippen molar-refractivity contribution in [1.82, 2.24) is 4.90 Å². The molecule has 1 saturated heterocycles. The summed E-state index contributed by atoms with van der Waals surface area (Å²) in [5, 5.41) is 10.9. The summed E-state index contributed by atoms with van der Waals surface area (Å²) >= 11 is 6.08.